The highest BCUT2D eigenvalue weighted by molar-refractivity contribution is 5.81. The smallest absolute Gasteiger partial charge is 0.214 e. The van der Waals surface area contributed by atoms with Gasteiger partial charge in [0.25, 0.3) is 0 Å². The van der Waals surface area contributed by atoms with Gasteiger partial charge in [0.15, 0.2) is 5.82 Å². The Hall–Kier alpha value is -4.40. The van der Waals surface area contributed by atoms with Gasteiger partial charge in [0.05, 0.1) is 30.7 Å². The van der Waals surface area contributed by atoms with E-state index in [9.17, 15) is 4.39 Å². The molecule has 9 heteroatoms. The molecule has 5 aromatic rings. The summed E-state index contributed by atoms with van der Waals surface area (Å²) >= 11 is 0. The molecular formula is C23H18FN7O. The second kappa shape index (κ2) is 8.38. The molecule has 4 heterocycles. The lowest BCUT2D eigenvalue weighted by Gasteiger charge is -2.08. The van der Waals surface area contributed by atoms with Crippen molar-refractivity contribution in [2.45, 2.75) is 6.54 Å². The van der Waals surface area contributed by atoms with Gasteiger partial charge >= 0.3 is 0 Å². The van der Waals surface area contributed by atoms with Crippen LogP contribution in [0.1, 0.15) is 5.56 Å². The number of hydrogen-bond acceptors (Lipinski definition) is 7. The average Bonchev–Trinajstić information content (AvgIpc) is 3.27. The molecule has 0 fully saturated rings. The number of ether oxygens (including phenoxy) is 1. The zero-order valence-electron chi connectivity index (χ0n) is 17.1. The second-order valence-electron chi connectivity index (χ2n) is 7.01. The molecule has 32 heavy (non-hydrogen) atoms. The Morgan fingerprint density at radius 2 is 1.88 bits per heavy atom. The largest absolute Gasteiger partial charge is 0.497 e. The minimum atomic E-state index is -0.560. The van der Waals surface area contributed by atoms with E-state index in [1.807, 2.05) is 30.3 Å². The lowest BCUT2D eigenvalue weighted by Crippen LogP contribution is -2.03. The number of nitrogens with one attached hydrogen (secondary N) is 1. The minimum absolute atomic E-state index is 0.396. The number of hydrogen-bond donors (Lipinski definition) is 1. The topological polar surface area (TPSA) is 90.6 Å². The summed E-state index contributed by atoms with van der Waals surface area (Å²) in [6.07, 6.45) is 6.77. The van der Waals surface area contributed by atoms with Crippen molar-refractivity contribution in [2.75, 3.05) is 12.4 Å². The molecule has 0 bridgehead atoms. The van der Waals surface area contributed by atoms with Gasteiger partial charge in [-0.1, -0.05) is 18.2 Å². The Kier molecular flexibility index (Phi) is 5.12. The number of pyridine rings is 2. The molecule has 8 nitrogen and oxygen atoms in total. The van der Waals surface area contributed by atoms with Crippen LogP contribution in [0.2, 0.25) is 0 Å². The van der Waals surface area contributed by atoms with Crippen molar-refractivity contribution in [1.82, 2.24) is 29.7 Å². The van der Waals surface area contributed by atoms with E-state index in [1.54, 1.807) is 44.0 Å². The molecule has 0 amide bonds. The van der Waals surface area contributed by atoms with Crippen LogP contribution in [0, 0.1) is 5.95 Å². The first kappa shape index (κ1) is 19.6. The summed E-state index contributed by atoms with van der Waals surface area (Å²) in [7, 11) is 1.64. The van der Waals surface area contributed by atoms with Crippen LogP contribution >= 0.6 is 0 Å². The van der Waals surface area contributed by atoms with Crippen LogP contribution < -0.4 is 10.1 Å². The van der Waals surface area contributed by atoms with Crippen molar-refractivity contribution in [3.05, 3.63) is 84.8 Å². The third-order valence-corrected chi connectivity index (χ3v) is 4.85. The Bertz CT molecular complexity index is 1390. The van der Waals surface area contributed by atoms with E-state index in [4.69, 9.17) is 4.74 Å². The third kappa shape index (κ3) is 4.08. The second-order valence-corrected chi connectivity index (χ2v) is 7.01. The monoisotopic (exact) mass is 427 g/mol. The van der Waals surface area contributed by atoms with E-state index in [1.165, 1.54) is 10.7 Å². The molecule has 0 saturated carbocycles. The number of anilines is 1. The minimum Gasteiger partial charge on any atom is -0.497 e. The van der Waals surface area contributed by atoms with Gasteiger partial charge in [-0.15, -0.1) is 0 Å². The summed E-state index contributed by atoms with van der Waals surface area (Å²) in [6, 6.07) is 14.2. The van der Waals surface area contributed by atoms with Gasteiger partial charge < -0.3 is 10.1 Å². The lowest BCUT2D eigenvalue weighted by atomic mass is 10.2. The Labute approximate surface area is 182 Å². The predicted octanol–water partition coefficient (Wildman–Crippen LogP) is 4.03. The van der Waals surface area contributed by atoms with Crippen molar-refractivity contribution in [3.63, 3.8) is 0 Å². The summed E-state index contributed by atoms with van der Waals surface area (Å²) in [5.41, 5.74) is 3.04. The number of rotatable bonds is 6. The highest BCUT2D eigenvalue weighted by Gasteiger charge is 2.09. The Balaban J connectivity index is 1.37. The SMILES string of the molecule is COc1ccc(CNc2cncc(-c3cc4nn(-c5cccc(F)n5)cc4cn3)n2)cc1. The number of aromatic nitrogens is 6. The zero-order chi connectivity index (χ0) is 21.9. The van der Waals surface area contributed by atoms with Crippen LogP contribution in [0.3, 0.4) is 0 Å². The average molecular weight is 427 g/mol. The van der Waals surface area contributed by atoms with Crippen molar-refractivity contribution in [2.24, 2.45) is 0 Å². The highest BCUT2D eigenvalue weighted by atomic mass is 19.1. The number of benzene rings is 1. The van der Waals surface area contributed by atoms with E-state index >= 15 is 0 Å². The van der Waals surface area contributed by atoms with Gasteiger partial charge in [0.2, 0.25) is 5.95 Å². The first-order valence-corrected chi connectivity index (χ1v) is 9.85. The summed E-state index contributed by atoms with van der Waals surface area (Å²) in [6.45, 7) is 0.597. The summed E-state index contributed by atoms with van der Waals surface area (Å²) < 4.78 is 20.2. The molecule has 0 atom stereocenters. The molecule has 5 rings (SSSR count). The first-order chi connectivity index (χ1) is 15.7. The van der Waals surface area contributed by atoms with E-state index < -0.39 is 5.95 Å². The van der Waals surface area contributed by atoms with E-state index in [0.29, 0.717) is 35.1 Å². The Morgan fingerprint density at radius 1 is 1.00 bits per heavy atom. The van der Waals surface area contributed by atoms with E-state index in [2.05, 4.69) is 30.4 Å². The van der Waals surface area contributed by atoms with Crippen LogP contribution in [0.25, 0.3) is 28.1 Å². The van der Waals surface area contributed by atoms with E-state index in [0.717, 1.165) is 16.7 Å². The zero-order valence-corrected chi connectivity index (χ0v) is 17.1. The number of fused-ring (bicyclic) bond motifs is 1. The Morgan fingerprint density at radius 3 is 2.69 bits per heavy atom. The van der Waals surface area contributed by atoms with Crippen LogP contribution in [0.5, 0.6) is 5.75 Å². The number of nitrogens with zero attached hydrogens (tertiary/aromatic N) is 6. The van der Waals surface area contributed by atoms with Crippen LogP contribution in [-0.4, -0.2) is 36.8 Å². The molecule has 0 spiro atoms. The molecule has 0 radical (unpaired) electrons. The molecule has 0 aliphatic heterocycles. The van der Waals surface area contributed by atoms with Crippen molar-refractivity contribution < 1.29 is 9.13 Å². The van der Waals surface area contributed by atoms with Gasteiger partial charge in [-0.25, -0.2) is 14.6 Å². The molecule has 0 unspecified atom stereocenters. The van der Waals surface area contributed by atoms with Gasteiger partial charge in [-0.05, 0) is 35.9 Å². The maximum absolute atomic E-state index is 13.4. The van der Waals surface area contributed by atoms with Crippen molar-refractivity contribution in [3.8, 4) is 23.0 Å². The standard InChI is InChI=1S/C23H18FN7O/c1-32-17-7-5-15(6-8-17)10-27-22-13-25-12-20(28-22)19-9-18-16(11-26-19)14-31(30-18)23-4-2-3-21(24)29-23/h2-9,11-14H,10H2,1H3,(H,27,28). The van der Waals surface area contributed by atoms with Crippen molar-refractivity contribution in [1.29, 1.82) is 0 Å². The molecule has 0 aliphatic carbocycles. The van der Waals surface area contributed by atoms with Crippen LogP contribution in [0.4, 0.5) is 10.2 Å². The van der Waals surface area contributed by atoms with Crippen LogP contribution in [-0.2, 0) is 6.54 Å². The summed E-state index contributed by atoms with van der Waals surface area (Å²) in [5.74, 6) is 1.28. The van der Waals surface area contributed by atoms with Gasteiger partial charge in [0.1, 0.15) is 17.3 Å². The van der Waals surface area contributed by atoms with Gasteiger partial charge in [-0.2, -0.15) is 9.49 Å². The molecule has 0 aliphatic rings. The molecule has 1 aromatic carbocycles. The number of halogens is 1. The molecular weight excluding hydrogens is 409 g/mol. The fraction of sp³-hybridized carbons (Fsp3) is 0.0870. The van der Waals surface area contributed by atoms with Gasteiger partial charge in [0, 0.05) is 24.3 Å². The number of methoxy groups -OCH3 is 1. The molecule has 4 aromatic heterocycles. The molecule has 158 valence electrons. The first-order valence-electron chi connectivity index (χ1n) is 9.85. The fourth-order valence-electron chi connectivity index (χ4n) is 3.21. The fourth-order valence-corrected chi connectivity index (χ4v) is 3.21. The van der Waals surface area contributed by atoms with Crippen LogP contribution in [0.15, 0.2) is 73.3 Å². The lowest BCUT2D eigenvalue weighted by molar-refractivity contribution is 0.414. The predicted molar refractivity (Wildman–Crippen MR) is 118 cm³/mol. The third-order valence-electron chi connectivity index (χ3n) is 4.85. The highest BCUT2D eigenvalue weighted by Crippen LogP contribution is 2.21. The quantitative estimate of drug-likeness (QED) is 0.409. The molecule has 0 saturated heterocycles. The molecule has 1 N–H and O–H groups in total. The summed E-state index contributed by atoms with van der Waals surface area (Å²) in [5, 5.41) is 8.57. The maximum atomic E-state index is 13.4. The van der Waals surface area contributed by atoms with Gasteiger partial charge in [-0.3, -0.25) is 9.97 Å². The normalized spacial score (nSPS) is 10.9. The summed E-state index contributed by atoms with van der Waals surface area (Å²) in [4.78, 5) is 17.2. The van der Waals surface area contributed by atoms with Crippen molar-refractivity contribution >= 4 is 16.7 Å². The maximum Gasteiger partial charge on any atom is 0.214 e. The van der Waals surface area contributed by atoms with E-state index in [-0.39, 0.29) is 0 Å².